The summed E-state index contributed by atoms with van der Waals surface area (Å²) in [5, 5.41) is 21.6. The highest BCUT2D eigenvalue weighted by molar-refractivity contribution is 5.64. The van der Waals surface area contributed by atoms with Crippen molar-refractivity contribution in [2.75, 3.05) is 13.1 Å². The SMILES string of the molecule is Cc1ccc(CCNC(=O)O)cc1CCNC(=O)O. The van der Waals surface area contributed by atoms with Gasteiger partial charge in [-0.1, -0.05) is 18.2 Å². The zero-order valence-corrected chi connectivity index (χ0v) is 10.8. The summed E-state index contributed by atoms with van der Waals surface area (Å²) in [6.45, 7) is 2.70. The van der Waals surface area contributed by atoms with Crippen LogP contribution in [0.4, 0.5) is 9.59 Å². The predicted molar refractivity (Wildman–Crippen MR) is 70.6 cm³/mol. The van der Waals surface area contributed by atoms with E-state index in [1.54, 1.807) is 0 Å². The molecule has 19 heavy (non-hydrogen) atoms. The minimum Gasteiger partial charge on any atom is -0.465 e. The number of carboxylic acid groups (broad SMARTS) is 2. The molecule has 104 valence electrons. The van der Waals surface area contributed by atoms with Crippen LogP contribution in [0.3, 0.4) is 0 Å². The summed E-state index contributed by atoms with van der Waals surface area (Å²) in [4.78, 5) is 20.7. The number of hydrogen-bond donors (Lipinski definition) is 4. The smallest absolute Gasteiger partial charge is 0.404 e. The van der Waals surface area contributed by atoms with Gasteiger partial charge >= 0.3 is 12.2 Å². The van der Waals surface area contributed by atoms with Gasteiger partial charge in [0.1, 0.15) is 0 Å². The molecule has 0 heterocycles. The van der Waals surface area contributed by atoms with Crippen molar-refractivity contribution in [3.05, 3.63) is 34.9 Å². The molecule has 4 N–H and O–H groups in total. The van der Waals surface area contributed by atoms with Crippen LogP contribution in [0.5, 0.6) is 0 Å². The molecule has 0 spiro atoms. The van der Waals surface area contributed by atoms with E-state index in [0.29, 0.717) is 25.9 Å². The molecule has 1 aromatic rings. The molecular weight excluding hydrogens is 248 g/mol. The van der Waals surface area contributed by atoms with E-state index in [4.69, 9.17) is 10.2 Å². The highest BCUT2D eigenvalue weighted by Crippen LogP contribution is 2.12. The molecule has 0 fully saturated rings. The van der Waals surface area contributed by atoms with Crippen LogP contribution in [0.15, 0.2) is 18.2 Å². The van der Waals surface area contributed by atoms with Crippen LogP contribution >= 0.6 is 0 Å². The number of hydrogen-bond acceptors (Lipinski definition) is 2. The summed E-state index contributed by atoms with van der Waals surface area (Å²) in [6, 6.07) is 5.90. The first kappa shape index (κ1) is 14.8. The third-order valence-corrected chi connectivity index (χ3v) is 2.77. The Kier molecular flexibility index (Phi) is 5.66. The van der Waals surface area contributed by atoms with Gasteiger partial charge in [-0.3, -0.25) is 0 Å². The lowest BCUT2D eigenvalue weighted by molar-refractivity contribution is 0.193. The Morgan fingerprint density at radius 3 is 2.21 bits per heavy atom. The highest BCUT2D eigenvalue weighted by Gasteiger charge is 2.03. The maximum Gasteiger partial charge on any atom is 0.404 e. The zero-order valence-electron chi connectivity index (χ0n) is 10.8. The van der Waals surface area contributed by atoms with E-state index < -0.39 is 12.2 Å². The topological polar surface area (TPSA) is 98.7 Å². The van der Waals surface area contributed by atoms with Crippen LogP contribution in [0.25, 0.3) is 0 Å². The molecule has 0 saturated carbocycles. The Bertz CT molecular complexity index is 460. The second-order valence-corrected chi connectivity index (χ2v) is 4.22. The van der Waals surface area contributed by atoms with Crippen LogP contribution in [-0.4, -0.2) is 35.5 Å². The molecule has 1 aromatic carbocycles. The fraction of sp³-hybridized carbons (Fsp3) is 0.385. The van der Waals surface area contributed by atoms with Crippen molar-refractivity contribution in [3.8, 4) is 0 Å². The molecular formula is C13H18N2O4. The lowest BCUT2D eigenvalue weighted by Crippen LogP contribution is -2.24. The van der Waals surface area contributed by atoms with E-state index in [-0.39, 0.29) is 0 Å². The van der Waals surface area contributed by atoms with Crippen molar-refractivity contribution in [1.29, 1.82) is 0 Å². The number of aryl methyl sites for hydroxylation is 1. The maximum absolute atomic E-state index is 10.4. The minimum absolute atomic E-state index is 0.366. The third-order valence-electron chi connectivity index (χ3n) is 2.77. The van der Waals surface area contributed by atoms with Gasteiger partial charge in [-0.2, -0.15) is 0 Å². The lowest BCUT2D eigenvalue weighted by Gasteiger charge is -2.09. The van der Waals surface area contributed by atoms with E-state index in [1.807, 2.05) is 25.1 Å². The fourth-order valence-corrected chi connectivity index (χ4v) is 1.77. The standard InChI is InChI=1S/C13H18N2O4/c1-9-2-3-10(4-6-14-12(16)17)8-11(9)5-7-15-13(18)19/h2-3,8,14-15H,4-7H2,1H3,(H,16,17)(H,18,19). The quantitative estimate of drug-likeness (QED) is 0.628. The van der Waals surface area contributed by atoms with Crippen molar-refractivity contribution in [2.45, 2.75) is 19.8 Å². The molecule has 0 bridgehead atoms. The maximum atomic E-state index is 10.4. The first-order chi connectivity index (χ1) is 8.99. The Morgan fingerprint density at radius 2 is 1.63 bits per heavy atom. The van der Waals surface area contributed by atoms with Gasteiger partial charge in [-0.15, -0.1) is 0 Å². The Morgan fingerprint density at radius 1 is 1.05 bits per heavy atom. The molecule has 0 aliphatic carbocycles. The summed E-state index contributed by atoms with van der Waals surface area (Å²) in [5.41, 5.74) is 3.20. The fourth-order valence-electron chi connectivity index (χ4n) is 1.77. The minimum atomic E-state index is -1.03. The number of benzene rings is 1. The summed E-state index contributed by atoms with van der Waals surface area (Å²) in [7, 11) is 0. The van der Waals surface area contributed by atoms with E-state index >= 15 is 0 Å². The monoisotopic (exact) mass is 266 g/mol. The first-order valence-electron chi connectivity index (χ1n) is 6.01. The van der Waals surface area contributed by atoms with Crippen molar-refractivity contribution in [3.63, 3.8) is 0 Å². The van der Waals surface area contributed by atoms with Crippen molar-refractivity contribution >= 4 is 12.2 Å². The summed E-state index contributed by atoms with van der Waals surface area (Å²) < 4.78 is 0. The normalized spacial score (nSPS) is 9.95. The molecule has 0 radical (unpaired) electrons. The molecule has 0 aromatic heterocycles. The van der Waals surface area contributed by atoms with E-state index in [1.165, 1.54) is 0 Å². The molecule has 6 nitrogen and oxygen atoms in total. The van der Waals surface area contributed by atoms with Gasteiger partial charge in [0, 0.05) is 13.1 Å². The molecule has 0 aliphatic heterocycles. The summed E-state index contributed by atoms with van der Waals surface area (Å²) in [6.07, 6.45) is -0.818. The predicted octanol–water partition coefficient (Wildman–Crippen LogP) is 1.62. The Hall–Kier alpha value is -2.24. The van der Waals surface area contributed by atoms with Crippen molar-refractivity contribution in [2.24, 2.45) is 0 Å². The molecule has 1 rings (SSSR count). The van der Waals surface area contributed by atoms with Crippen molar-refractivity contribution < 1.29 is 19.8 Å². The summed E-state index contributed by atoms with van der Waals surface area (Å²) >= 11 is 0. The zero-order chi connectivity index (χ0) is 14.3. The van der Waals surface area contributed by atoms with Gasteiger partial charge in [-0.05, 0) is 36.5 Å². The molecule has 2 amide bonds. The Labute approximate surface area is 111 Å². The molecule has 0 saturated heterocycles. The Balaban J connectivity index is 2.55. The number of nitrogens with one attached hydrogen (secondary N) is 2. The van der Waals surface area contributed by atoms with Gasteiger partial charge in [0.25, 0.3) is 0 Å². The second kappa shape index (κ2) is 7.25. The van der Waals surface area contributed by atoms with Crippen LogP contribution in [0.1, 0.15) is 16.7 Å². The van der Waals surface area contributed by atoms with Crippen LogP contribution in [0.2, 0.25) is 0 Å². The molecule has 0 aliphatic rings. The molecule has 0 atom stereocenters. The second-order valence-electron chi connectivity index (χ2n) is 4.22. The van der Waals surface area contributed by atoms with E-state index in [2.05, 4.69) is 10.6 Å². The summed E-state index contributed by atoms with van der Waals surface area (Å²) in [5.74, 6) is 0. The lowest BCUT2D eigenvalue weighted by atomic mass is 10.0. The van der Waals surface area contributed by atoms with E-state index in [0.717, 1.165) is 16.7 Å². The highest BCUT2D eigenvalue weighted by atomic mass is 16.4. The van der Waals surface area contributed by atoms with Crippen molar-refractivity contribution in [1.82, 2.24) is 10.6 Å². The number of rotatable bonds is 6. The van der Waals surface area contributed by atoms with Gasteiger partial charge < -0.3 is 20.8 Å². The average Bonchev–Trinajstić information content (AvgIpc) is 2.32. The number of amides is 2. The molecule has 0 unspecified atom stereocenters. The number of carbonyl (C=O) groups is 2. The van der Waals surface area contributed by atoms with Gasteiger partial charge in [-0.25, -0.2) is 9.59 Å². The average molecular weight is 266 g/mol. The first-order valence-corrected chi connectivity index (χ1v) is 6.01. The van der Waals surface area contributed by atoms with Crippen LogP contribution < -0.4 is 10.6 Å². The third kappa shape index (κ3) is 5.76. The van der Waals surface area contributed by atoms with Gasteiger partial charge in [0.05, 0.1) is 0 Å². The van der Waals surface area contributed by atoms with Crippen LogP contribution in [-0.2, 0) is 12.8 Å². The van der Waals surface area contributed by atoms with Crippen LogP contribution in [0, 0.1) is 6.92 Å². The van der Waals surface area contributed by atoms with Gasteiger partial charge in [0.2, 0.25) is 0 Å². The van der Waals surface area contributed by atoms with E-state index in [9.17, 15) is 9.59 Å². The van der Waals surface area contributed by atoms with Gasteiger partial charge in [0.15, 0.2) is 0 Å². The largest absolute Gasteiger partial charge is 0.465 e. The molecule has 6 heteroatoms.